The van der Waals surface area contributed by atoms with Gasteiger partial charge < -0.3 is 20.9 Å². The number of rotatable bonds is 7. The maximum atomic E-state index is 12.0. The zero-order valence-electron chi connectivity index (χ0n) is 21.6. The Kier molecular flexibility index (Phi) is 7.93. The maximum Gasteiger partial charge on any atom is 0.407 e. The van der Waals surface area contributed by atoms with Crippen molar-refractivity contribution in [2.45, 2.75) is 32.9 Å². The molecule has 2 aromatic heterocycles. The number of hydrogen-bond donors (Lipinski definition) is 3. The summed E-state index contributed by atoms with van der Waals surface area (Å²) in [5.41, 5.74) is 13.6. The number of alkyl carbamates (subject to hydrolysis) is 1. The van der Waals surface area contributed by atoms with E-state index in [9.17, 15) is 9.90 Å². The molecule has 0 aliphatic carbocycles. The van der Waals surface area contributed by atoms with Gasteiger partial charge in [0.2, 0.25) is 0 Å². The lowest BCUT2D eigenvalue weighted by Gasteiger charge is -2.19. The Morgan fingerprint density at radius 2 is 1.84 bits per heavy atom. The van der Waals surface area contributed by atoms with Gasteiger partial charge in [-0.2, -0.15) is 0 Å². The third-order valence-corrected chi connectivity index (χ3v) is 6.20. The Balaban J connectivity index is 1.77. The standard InChI is InChI=1S/C30H30N4O3S/c1-19(35)23-14-24(21-8-6-5-7-9-21)27(34-28(23)25(15-31)26-17-38-18-33-26)22-12-10-20(11-13-22)16-32-29(36)37-30(2,3)4/h5-15,17-18,35H,1,16,31H2,2-4H3,(H,32,36)/b25-15-. The SMILES string of the molecule is C=C(O)c1cc(-c2ccccc2)c(-c2ccc(CNC(=O)OC(C)(C)C)cc2)nc1/C(=C\N)c1cscn1. The van der Waals surface area contributed by atoms with Crippen LogP contribution >= 0.6 is 11.3 Å². The number of thiazole rings is 1. The fraction of sp³-hybridized carbons (Fsp3) is 0.167. The first-order chi connectivity index (χ1) is 18.2. The molecule has 8 heteroatoms. The predicted molar refractivity (Wildman–Crippen MR) is 153 cm³/mol. The summed E-state index contributed by atoms with van der Waals surface area (Å²) in [5.74, 6) is -0.116. The van der Waals surface area contributed by atoms with Crippen molar-refractivity contribution in [3.05, 3.63) is 107 Å². The Labute approximate surface area is 226 Å². The molecule has 7 nitrogen and oxygen atoms in total. The number of carbonyl (C=O) groups is 1. The summed E-state index contributed by atoms with van der Waals surface area (Å²) in [4.78, 5) is 21.5. The van der Waals surface area contributed by atoms with Crippen LogP contribution in [0.25, 0.3) is 33.7 Å². The van der Waals surface area contributed by atoms with Gasteiger partial charge in [0.1, 0.15) is 11.4 Å². The number of ether oxygens (including phenoxy) is 1. The average molecular weight is 527 g/mol. The molecule has 0 fully saturated rings. The van der Waals surface area contributed by atoms with E-state index in [1.807, 2.05) is 86.8 Å². The van der Waals surface area contributed by atoms with E-state index in [0.29, 0.717) is 34.8 Å². The zero-order chi connectivity index (χ0) is 27.3. The van der Waals surface area contributed by atoms with Crippen LogP contribution in [0.15, 0.2) is 84.3 Å². The van der Waals surface area contributed by atoms with Crippen LogP contribution < -0.4 is 11.1 Å². The number of pyridine rings is 1. The highest BCUT2D eigenvalue weighted by atomic mass is 32.1. The second kappa shape index (κ2) is 11.3. The van der Waals surface area contributed by atoms with Gasteiger partial charge in [0.15, 0.2) is 0 Å². The summed E-state index contributed by atoms with van der Waals surface area (Å²) < 4.78 is 5.32. The number of carbonyl (C=O) groups excluding carboxylic acids is 1. The summed E-state index contributed by atoms with van der Waals surface area (Å²) in [6.45, 7) is 9.57. The van der Waals surface area contributed by atoms with Crippen molar-refractivity contribution in [3.8, 4) is 22.4 Å². The fourth-order valence-electron chi connectivity index (χ4n) is 3.90. The van der Waals surface area contributed by atoms with E-state index in [4.69, 9.17) is 15.5 Å². The monoisotopic (exact) mass is 526 g/mol. The largest absolute Gasteiger partial charge is 0.508 e. The average Bonchev–Trinajstić information content (AvgIpc) is 3.42. The molecule has 0 saturated carbocycles. The fourth-order valence-corrected chi connectivity index (χ4v) is 4.45. The summed E-state index contributed by atoms with van der Waals surface area (Å²) in [7, 11) is 0. The van der Waals surface area contributed by atoms with Crippen molar-refractivity contribution in [1.82, 2.24) is 15.3 Å². The van der Waals surface area contributed by atoms with E-state index in [0.717, 1.165) is 22.3 Å². The molecule has 0 unspecified atom stereocenters. The molecular weight excluding hydrogens is 496 g/mol. The van der Waals surface area contributed by atoms with Crippen LogP contribution in [0.3, 0.4) is 0 Å². The molecule has 4 aromatic rings. The number of nitrogens with two attached hydrogens (primary N) is 1. The third-order valence-electron chi connectivity index (χ3n) is 5.61. The smallest absolute Gasteiger partial charge is 0.407 e. The second-order valence-corrected chi connectivity index (χ2v) is 10.3. The molecule has 4 N–H and O–H groups in total. The topological polar surface area (TPSA) is 110 Å². The lowest BCUT2D eigenvalue weighted by molar-refractivity contribution is 0.0523. The zero-order valence-corrected chi connectivity index (χ0v) is 22.4. The van der Waals surface area contributed by atoms with Gasteiger partial charge in [0, 0.05) is 40.4 Å². The molecule has 38 heavy (non-hydrogen) atoms. The highest BCUT2D eigenvalue weighted by Crippen LogP contribution is 2.37. The number of aliphatic hydroxyl groups excluding tert-OH is 1. The van der Waals surface area contributed by atoms with Crippen molar-refractivity contribution in [2.75, 3.05) is 0 Å². The van der Waals surface area contributed by atoms with Gasteiger partial charge >= 0.3 is 6.09 Å². The Morgan fingerprint density at radius 3 is 2.42 bits per heavy atom. The first-order valence-electron chi connectivity index (χ1n) is 12.0. The highest BCUT2D eigenvalue weighted by molar-refractivity contribution is 7.07. The molecule has 0 aliphatic rings. The number of nitrogens with one attached hydrogen (secondary N) is 1. The van der Waals surface area contributed by atoms with E-state index in [1.165, 1.54) is 17.5 Å². The summed E-state index contributed by atoms with van der Waals surface area (Å²) in [6, 6.07) is 19.5. The van der Waals surface area contributed by atoms with E-state index in [2.05, 4.69) is 16.9 Å². The Bertz CT molecular complexity index is 1460. The van der Waals surface area contributed by atoms with Crippen LogP contribution in [0, 0.1) is 0 Å². The molecule has 4 rings (SSSR count). The molecular formula is C30H30N4O3S. The van der Waals surface area contributed by atoms with Crippen molar-refractivity contribution in [1.29, 1.82) is 0 Å². The molecule has 0 radical (unpaired) electrons. The van der Waals surface area contributed by atoms with Crippen LogP contribution in [0.1, 0.15) is 43.3 Å². The van der Waals surface area contributed by atoms with Gasteiger partial charge in [-0.3, -0.25) is 0 Å². The lowest BCUT2D eigenvalue weighted by Crippen LogP contribution is -2.32. The van der Waals surface area contributed by atoms with E-state index in [-0.39, 0.29) is 5.76 Å². The van der Waals surface area contributed by atoms with Crippen LogP contribution in [0.5, 0.6) is 0 Å². The minimum atomic E-state index is -0.563. The van der Waals surface area contributed by atoms with Crippen molar-refractivity contribution in [3.63, 3.8) is 0 Å². The second-order valence-electron chi connectivity index (χ2n) is 9.60. The van der Waals surface area contributed by atoms with Gasteiger partial charge in [-0.1, -0.05) is 61.2 Å². The van der Waals surface area contributed by atoms with Crippen LogP contribution in [-0.4, -0.2) is 26.8 Å². The van der Waals surface area contributed by atoms with Crippen molar-refractivity contribution < 1.29 is 14.6 Å². The van der Waals surface area contributed by atoms with Crippen molar-refractivity contribution >= 4 is 28.8 Å². The molecule has 0 atom stereocenters. The number of aliphatic hydroxyl groups is 1. The van der Waals surface area contributed by atoms with E-state index >= 15 is 0 Å². The van der Waals surface area contributed by atoms with Crippen molar-refractivity contribution in [2.24, 2.45) is 5.73 Å². The normalized spacial score (nSPS) is 11.7. The van der Waals surface area contributed by atoms with Gasteiger partial charge in [-0.05, 0) is 38.0 Å². The van der Waals surface area contributed by atoms with Gasteiger partial charge in [0.25, 0.3) is 0 Å². The molecule has 0 bridgehead atoms. The quantitative estimate of drug-likeness (QED) is 0.229. The summed E-state index contributed by atoms with van der Waals surface area (Å²) in [6.07, 6.45) is 0.975. The van der Waals surface area contributed by atoms with Gasteiger partial charge in [-0.25, -0.2) is 14.8 Å². The summed E-state index contributed by atoms with van der Waals surface area (Å²) in [5, 5.41) is 15.2. The number of amides is 1. The molecule has 0 spiro atoms. The predicted octanol–water partition coefficient (Wildman–Crippen LogP) is 6.77. The summed E-state index contributed by atoms with van der Waals surface area (Å²) >= 11 is 1.44. The molecule has 2 aromatic carbocycles. The van der Waals surface area contributed by atoms with Crippen LogP contribution in [0.4, 0.5) is 4.79 Å². The molecule has 1 amide bonds. The molecule has 0 aliphatic heterocycles. The minimum absolute atomic E-state index is 0.116. The number of hydrogen-bond acceptors (Lipinski definition) is 7. The van der Waals surface area contributed by atoms with Gasteiger partial charge in [-0.15, -0.1) is 11.3 Å². The molecule has 2 heterocycles. The van der Waals surface area contributed by atoms with Gasteiger partial charge in [0.05, 0.1) is 22.6 Å². The Hall–Kier alpha value is -4.43. The minimum Gasteiger partial charge on any atom is -0.508 e. The third kappa shape index (κ3) is 6.27. The highest BCUT2D eigenvalue weighted by Gasteiger charge is 2.21. The van der Waals surface area contributed by atoms with Crippen LogP contribution in [0.2, 0.25) is 0 Å². The van der Waals surface area contributed by atoms with E-state index < -0.39 is 11.7 Å². The first kappa shape index (κ1) is 26.6. The number of benzene rings is 2. The molecule has 194 valence electrons. The first-order valence-corrected chi connectivity index (χ1v) is 13.0. The molecule has 0 saturated heterocycles. The Morgan fingerprint density at radius 1 is 1.13 bits per heavy atom. The number of aromatic nitrogens is 2. The van der Waals surface area contributed by atoms with E-state index in [1.54, 1.807) is 5.51 Å². The number of nitrogens with zero attached hydrogens (tertiary/aromatic N) is 2. The lowest BCUT2D eigenvalue weighted by atomic mass is 9.93. The van der Waals surface area contributed by atoms with Crippen LogP contribution in [-0.2, 0) is 11.3 Å². The maximum absolute atomic E-state index is 12.0.